The molecule has 1 aliphatic rings. The number of rotatable bonds is 3. The maximum absolute atomic E-state index is 5.22. The van der Waals surface area contributed by atoms with E-state index < -0.39 is 0 Å². The van der Waals surface area contributed by atoms with Crippen LogP contribution in [0.5, 0.6) is 0 Å². The Bertz CT molecular complexity index is 61.5. The van der Waals surface area contributed by atoms with Crippen LogP contribution in [0.15, 0.2) is 0 Å². The van der Waals surface area contributed by atoms with Crippen LogP contribution in [-0.2, 0) is 4.74 Å². The zero-order chi connectivity index (χ0) is 5.82. The predicted molar refractivity (Wildman–Crippen MR) is 37.4 cm³/mol. The highest BCUT2D eigenvalue weighted by atomic mass is 32.2. The molecule has 0 N–H and O–H groups in total. The van der Waals surface area contributed by atoms with E-state index in [0.29, 0.717) is 0 Å². The highest BCUT2D eigenvalue weighted by Gasteiger charge is 2.16. The smallest absolute Gasteiger partial charge is 0.0585 e. The topological polar surface area (TPSA) is 9.23 Å². The average Bonchev–Trinajstić information content (AvgIpc) is 1.63. The first kappa shape index (κ1) is 6.43. The molecule has 48 valence electrons. The van der Waals surface area contributed by atoms with Crippen molar-refractivity contribution in [2.24, 2.45) is 0 Å². The molecule has 0 amide bonds. The largest absolute Gasteiger partial charge is 0.381 e. The zero-order valence-electron chi connectivity index (χ0n) is 5.22. The lowest BCUT2D eigenvalue weighted by molar-refractivity contribution is 0.146. The van der Waals surface area contributed by atoms with Crippen LogP contribution in [-0.4, -0.2) is 24.2 Å². The van der Waals surface area contributed by atoms with Crippen LogP contribution < -0.4 is 0 Å². The SMILES string of the molecule is CCOCC1CCS1. The van der Waals surface area contributed by atoms with E-state index in [4.69, 9.17) is 4.74 Å². The minimum atomic E-state index is 0.829. The molecule has 0 bridgehead atoms. The van der Waals surface area contributed by atoms with Gasteiger partial charge in [0.15, 0.2) is 0 Å². The second kappa shape index (κ2) is 3.36. The van der Waals surface area contributed by atoms with Gasteiger partial charge in [0.1, 0.15) is 0 Å². The molecular weight excluding hydrogens is 120 g/mol. The lowest BCUT2D eigenvalue weighted by Crippen LogP contribution is -2.21. The third-order valence-corrected chi connectivity index (χ3v) is 2.62. The first-order valence-electron chi connectivity index (χ1n) is 3.13. The summed E-state index contributed by atoms with van der Waals surface area (Å²) < 4.78 is 5.22. The van der Waals surface area contributed by atoms with Gasteiger partial charge in [0, 0.05) is 11.9 Å². The van der Waals surface area contributed by atoms with Crippen molar-refractivity contribution in [1.29, 1.82) is 0 Å². The molecule has 0 spiro atoms. The molecule has 0 aromatic heterocycles. The van der Waals surface area contributed by atoms with Gasteiger partial charge in [0.05, 0.1) is 6.61 Å². The lowest BCUT2D eigenvalue weighted by atomic mass is 10.3. The maximum atomic E-state index is 5.22. The molecular formula is C6H12OS. The van der Waals surface area contributed by atoms with Crippen molar-refractivity contribution in [2.45, 2.75) is 18.6 Å². The Morgan fingerprint density at radius 2 is 2.50 bits per heavy atom. The van der Waals surface area contributed by atoms with Gasteiger partial charge in [0.25, 0.3) is 0 Å². The molecule has 0 aromatic carbocycles. The minimum absolute atomic E-state index is 0.829. The van der Waals surface area contributed by atoms with E-state index in [1.165, 1.54) is 12.2 Å². The quantitative estimate of drug-likeness (QED) is 0.576. The van der Waals surface area contributed by atoms with Crippen LogP contribution in [0, 0.1) is 0 Å². The van der Waals surface area contributed by atoms with Crippen LogP contribution in [0.1, 0.15) is 13.3 Å². The van der Waals surface area contributed by atoms with Gasteiger partial charge in [-0.05, 0) is 19.1 Å². The first-order valence-corrected chi connectivity index (χ1v) is 4.17. The summed E-state index contributed by atoms with van der Waals surface area (Å²) in [4.78, 5) is 0. The highest BCUT2D eigenvalue weighted by Crippen LogP contribution is 2.27. The fraction of sp³-hybridized carbons (Fsp3) is 1.00. The molecule has 2 heteroatoms. The van der Waals surface area contributed by atoms with Gasteiger partial charge in [-0.15, -0.1) is 0 Å². The van der Waals surface area contributed by atoms with Crippen LogP contribution in [0.25, 0.3) is 0 Å². The lowest BCUT2D eigenvalue weighted by Gasteiger charge is -2.23. The van der Waals surface area contributed by atoms with Gasteiger partial charge in [0.2, 0.25) is 0 Å². The Labute approximate surface area is 54.8 Å². The zero-order valence-corrected chi connectivity index (χ0v) is 6.04. The van der Waals surface area contributed by atoms with Gasteiger partial charge < -0.3 is 4.74 Å². The summed E-state index contributed by atoms with van der Waals surface area (Å²) in [7, 11) is 0. The Morgan fingerprint density at radius 3 is 2.88 bits per heavy atom. The molecule has 0 aliphatic carbocycles. The van der Waals surface area contributed by atoms with Crippen molar-refractivity contribution in [3.05, 3.63) is 0 Å². The van der Waals surface area contributed by atoms with E-state index in [2.05, 4.69) is 0 Å². The summed E-state index contributed by atoms with van der Waals surface area (Å²) >= 11 is 2.02. The molecule has 1 saturated heterocycles. The molecule has 1 heterocycles. The van der Waals surface area contributed by atoms with E-state index in [1.54, 1.807) is 0 Å². The van der Waals surface area contributed by atoms with E-state index in [1.807, 2.05) is 18.7 Å². The Balaban J connectivity index is 1.86. The molecule has 1 unspecified atom stereocenters. The van der Waals surface area contributed by atoms with Crippen molar-refractivity contribution in [3.63, 3.8) is 0 Å². The van der Waals surface area contributed by atoms with E-state index >= 15 is 0 Å². The summed E-state index contributed by atoms with van der Waals surface area (Å²) in [6.07, 6.45) is 1.37. The monoisotopic (exact) mass is 132 g/mol. The van der Waals surface area contributed by atoms with Crippen molar-refractivity contribution in [3.8, 4) is 0 Å². The normalized spacial score (nSPS) is 27.4. The number of hydrogen-bond donors (Lipinski definition) is 0. The van der Waals surface area contributed by atoms with Crippen LogP contribution in [0.2, 0.25) is 0 Å². The Hall–Kier alpha value is 0.310. The van der Waals surface area contributed by atoms with Crippen LogP contribution >= 0.6 is 11.8 Å². The van der Waals surface area contributed by atoms with Crippen LogP contribution in [0.3, 0.4) is 0 Å². The maximum Gasteiger partial charge on any atom is 0.0585 e. The van der Waals surface area contributed by atoms with E-state index in [9.17, 15) is 0 Å². The highest BCUT2D eigenvalue weighted by molar-refractivity contribution is 8.01. The third-order valence-electron chi connectivity index (χ3n) is 1.30. The molecule has 1 fully saturated rings. The molecule has 0 saturated carbocycles. The number of ether oxygens (including phenoxy) is 1. The Kier molecular flexibility index (Phi) is 2.70. The molecule has 1 aliphatic heterocycles. The second-order valence-electron chi connectivity index (χ2n) is 1.94. The predicted octanol–water partition coefficient (Wildman–Crippen LogP) is 1.53. The van der Waals surface area contributed by atoms with Crippen molar-refractivity contribution < 1.29 is 4.74 Å². The molecule has 8 heavy (non-hydrogen) atoms. The number of hydrogen-bond acceptors (Lipinski definition) is 2. The van der Waals surface area contributed by atoms with Crippen molar-refractivity contribution in [2.75, 3.05) is 19.0 Å². The summed E-state index contributed by atoms with van der Waals surface area (Å²) in [5, 5.41) is 0.829. The molecule has 1 nitrogen and oxygen atoms in total. The average molecular weight is 132 g/mol. The minimum Gasteiger partial charge on any atom is -0.381 e. The van der Waals surface area contributed by atoms with Crippen molar-refractivity contribution in [1.82, 2.24) is 0 Å². The number of thioether (sulfide) groups is 1. The van der Waals surface area contributed by atoms with Gasteiger partial charge in [-0.1, -0.05) is 0 Å². The summed E-state index contributed by atoms with van der Waals surface area (Å²) in [5.74, 6) is 1.34. The molecule has 0 radical (unpaired) electrons. The summed E-state index contributed by atoms with van der Waals surface area (Å²) in [6.45, 7) is 3.89. The van der Waals surface area contributed by atoms with Crippen LogP contribution in [0.4, 0.5) is 0 Å². The molecule has 1 rings (SSSR count). The van der Waals surface area contributed by atoms with E-state index in [0.717, 1.165) is 18.5 Å². The standard InChI is InChI=1S/C6H12OS/c1-2-7-5-6-3-4-8-6/h6H,2-5H2,1H3. The Morgan fingerprint density at radius 1 is 1.75 bits per heavy atom. The van der Waals surface area contributed by atoms with Gasteiger partial charge in [-0.2, -0.15) is 11.8 Å². The van der Waals surface area contributed by atoms with E-state index in [-0.39, 0.29) is 0 Å². The van der Waals surface area contributed by atoms with Gasteiger partial charge in [-0.25, -0.2) is 0 Å². The third kappa shape index (κ3) is 1.67. The fourth-order valence-electron chi connectivity index (χ4n) is 0.665. The van der Waals surface area contributed by atoms with Crippen molar-refractivity contribution >= 4 is 11.8 Å². The van der Waals surface area contributed by atoms with Gasteiger partial charge in [-0.3, -0.25) is 0 Å². The first-order chi connectivity index (χ1) is 3.93. The fourth-order valence-corrected chi connectivity index (χ4v) is 1.43. The van der Waals surface area contributed by atoms with Gasteiger partial charge >= 0.3 is 0 Å². The molecule has 1 atom stereocenters. The summed E-state index contributed by atoms with van der Waals surface area (Å²) in [5.41, 5.74) is 0. The second-order valence-corrected chi connectivity index (χ2v) is 3.35. The molecule has 0 aromatic rings. The summed E-state index contributed by atoms with van der Waals surface area (Å²) in [6, 6.07) is 0.